The summed E-state index contributed by atoms with van der Waals surface area (Å²) in [4.78, 5) is 21.8. The zero-order chi connectivity index (χ0) is 16.8. The molecule has 10 heteroatoms. The van der Waals surface area contributed by atoms with Crippen LogP contribution in [0.25, 0.3) is 0 Å². The van der Waals surface area contributed by atoms with Crippen LogP contribution in [-0.2, 0) is 29.1 Å². The SMILES string of the molecule is CN=C(NCC(=O)N(C)C)NC1CCc2nc(COC)nn2C1.I. The van der Waals surface area contributed by atoms with Crippen molar-refractivity contribution in [3.8, 4) is 0 Å². The van der Waals surface area contributed by atoms with E-state index in [2.05, 4.69) is 25.7 Å². The topological polar surface area (TPSA) is 96.7 Å². The number of aliphatic imine (C=N–C) groups is 1. The number of guanidine groups is 1. The molecule has 24 heavy (non-hydrogen) atoms. The van der Waals surface area contributed by atoms with Crippen molar-refractivity contribution >= 4 is 35.8 Å². The molecule has 0 fully saturated rings. The number of nitrogens with one attached hydrogen (secondary N) is 2. The summed E-state index contributed by atoms with van der Waals surface area (Å²) in [6.07, 6.45) is 1.79. The summed E-state index contributed by atoms with van der Waals surface area (Å²) in [5, 5.41) is 10.8. The zero-order valence-corrected chi connectivity index (χ0v) is 16.9. The Kier molecular flexibility index (Phi) is 8.39. The monoisotopic (exact) mass is 451 g/mol. The van der Waals surface area contributed by atoms with Crippen LogP contribution < -0.4 is 10.6 Å². The smallest absolute Gasteiger partial charge is 0.241 e. The summed E-state index contributed by atoms with van der Waals surface area (Å²) >= 11 is 0. The average molecular weight is 451 g/mol. The Balaban J connectivity index is 0.00000288. The maximum atomic E-state index is 11.6. The van der Waals surface area contributed by atoms with Gasteiger partial charge in [-0.2, -0.15) is 5.10 Å². The molecular weight excluding hydrogens is 425 g/mol. The molecule has 0 aromatic carbocycles. The van der Waals surface area contributed by atoms with E-state index >= 15 is 0 Å². The second-order valence-corrected chi connectivity index (χ2v) is 5.65. The van der Waals surface area contributed by atoms with Crippen molar-refractivity contribution < 1.29 is 9.53 Å². The summed E-state index contributed by atoms with van der Waals surface area (Å²) in [5.74, 6) is 2.31. The lowest BCUT2D eigenvalue weighted by Crippen LogP contribution is -2.49. The van der Waals surface area contributed by atoms with Gasteiger partial charge >= 0.3 is 0 Å². The number of rotatable bonds is 5. The Hall–Kier alpha value is -1.43. The molecule has 0 bridgehead atoms. The first-order valence-electron chi connectivity index (χ1n) is 7.62. The van der Waals surface area contributed by atoms with Crippen LogP contribution in [0.2, 0.25) is 0 Å². The first kappa shape index (κ1) is 20.6. The third-order valence-corrected chi connectivity index (χ3v) is 3.65. The molecular formula is C14H26IN7O2. The maximum absolute atomic E-state index is 11.6. The van der Waals surface area contributed by atoms with Crippen LogP contribution in [0, 0.1) is 0 Å². The highest BCUT2D eigenvalue weighted by atomic mass is 127. The van der Waals surface area contributed by atoms with Gasteiger partial charge in [0.15, 0.2) is 11.8 Å². The number of halogens is 1. The van der Waals surface area contributed by atoms with Gasteiger partial charge in [0.1, 0.15) is 12.4 Å². The van der Waals surface area contributed by atoms with Crippen LogP contribution in [0.5, 0.6) is 0 Å². The Morgan fingerprint density at radius 1 is 1.50 bits per heavy atom. The Morgan fingerprint density at radius 2 is 2.25 bits per heavy atom. The molecule has 2 heterocycles. The molecule has 136 valence electrons. The molecule has 1 amide bonds. The van der Waals surface area contributed by atoms with Crippen molar-refractivity contribution in [1.82, 2.24) is 30.3 Å². The minimum absolute atomic E-state index is 0. The highest BCUT2D eigenvalue weighted by molar-refractivity contribution is 14.0. The van der Waals surface area contributed by atoms with Gasteiger partial charge in [0.05, 0.1) is 13.1 Å². The third kappa shape index (κ3) is 5.58. The van der Waals surface area contributed by atoms with E-state index in [1.54, 1.807) is 33.2 Å². The van der Waals surface area contributed by atoms with Crippen LogP contribution in [-0.4, -0.2) is 72.4 Å². The molecule has 0 spiro atoms. The number of ether oxygens (including phenoxy) is 1. The van der Waals surface area contributed by atoms with Crippen LogP contribution in [0.15, 0.2) is 4.99 Å². The number of hydrogen-bond donors (Lipinski definition) is 2. The fourth-order valence-electron chi connectivity index (χ4n) is 2.37. The molecule has 2 rings (SSSR count). The number of carbonyl (C=O) groups is 1. The number of fused-ring (bicyclic) bond motifs is 1. The minimum Gasteiger partial charge on any atom is -0.377 e. The van der Waals surface area contributed by atoms with E-state index < -0.39 is 0 Å². The Morgan fingerprint density at radius 3 is 2.88 bits per heavy atom. The average Bonchev–Trinajstić information content (AvgIpc) is 2.92. The fraction of sp³-hybridized carbons (Fsp3) is 0.714. The fourth-order valence-corrected chi connectivity index (χ4v) is 2.37. The Labute approximate surface area is 159 Å². The van der Waals surface area contributed by atoms with Gasteiger partial charge in [0.25, 0.3) is 0 Å². The molecule has 1 aromatic rings. The van der Waals surface area contributed by atoms with Crippen molar-refractivity contribution in [2.45, 2.75) is 32.0 Å². The van der Waals surface area contributed by atoms with Gasteiger partial charge in [-0.15, -0.1) is 24.0 Å². The lowest BCUT2D eigenvalue weighted by Gasteiger charge is -2.25. The van der Waals surface area contributed by atoms with E-state index in [0.717, 1.165) is 18.7 Å². The van der Waals surface area contributed by atoms with E-state index in [4.69, 9.17) is 4.74 Å². The highest BCUT2D eigenvalue weighted by Crippen LogP contribution is 2.13. The summed E-state index contributed by atoms with van der Waals surface area (Å²) in [6, 6.07) is 0.195. The summed E-state index contributed by atoms with van der Waals surface area (Å²) in [5.41, 5.74) is 0. The molecule has 1 unspecified atom stereocenters. The lowest BCUT2D eigenvalue weighted by atomic mass is 10.1. The molecule has 0 saturated heterocycles. The second kappa shape index (κ2) is 9.77. The molecule has 1 aliphatic heterocycles. The first-order valence-corrected chi connectivity index (χ1v) is 7.62. The zero-order valence-electron chi connectivity index (χ0n) is 14.6. The van der Waals surface area contributed by atoms with E-state index in [9.17, 15) is 4.79 Å². The number of carbonyl (C=O) groups excluding carboxylic acids is 1. The molecule has 1 aliphatic rings. The van der Waals surface area contributed by atoms with Gasteiger partial charge in [-0.1, -0.05) is 0 Å². The van der Waals surface area contributed by atoms with Gasteiger partial charge < -0.3 is 20.3 Å². The third-order valence-electron chi connectivity index (χ3n) is 3.65. The van der Waals surface area contributed by atoms with E-state index in [0.29, 0.717) is 24.9 Å². The van der Waals surface area contributed by atoms with Crippen molar-refractivity contribution in [3.05, 3.63) is 11.6 Å². The number of aryl methyl sites for hydroxylation is 1. The predicted molar refractivity (Wildman–Crippen MR) is 101 cm³/mol. The van der Waals surface area contributed by atoms with E-state index in [1.807, 2.05) is 4.68 Å². The maximum Gasteiger partial charge on any atom is 0.241 e. The van der Waals surface area contributed by atoms with Crippen molar-refractivity contribution in [2.75, 3.05) is 34.8 Å². The molecule has 9 nitrogen and oxygen atoms in total. The summed E-state index contributed by atoms with van der Waals surface area (Å²) in [7, 11) is 6.78. The van der Waals surface area contributed by atoms with Crippen LogP contribution in [0.4, 0.5) is 0 Å². The van der Waals surface area contributed by atoms with Gasteiger partial charge in [-0.05, 0) is 6.42 Å². The molecule has 1 aromatic heterocycles. The highest BCUT2D eigenvalue weighted by Gasteiger charge is 2.22. The number of methoxy groups -OCH3 is 1. The van der Waals surface area contributed by atoms with Gasteiger partial charge in [-0.25, -0.2) is 9.67 Å². The number of hydrogen-bond acceptors (Lipinski definition) is 5. The van der Waals surface area contributed by atoms with Crippen molar-refractivity contribution in [2.24, 2.45) is 4.99 Å². The predicted octanol–water partition coefficient (Wildman–Crippen LogP) is -0.389. The molecule has 2 N–H and O–H groups in total. The molecule has 1 atom stereocenters. The summed E-state index contributed by atoms with van der Waals surface area (Å²) < 4.78 is 6.98. The number of aromatic nitrogens is 3. The largest absolute Gasteiger partial charge is 0.377 e. The van der Waals surface area contributed by atoms with Crippen LogP contribution >= 0.6 is 24.0 Å². The molecule has 0 saturated carbocycles. The second-order valence-electron chi connectivity index (χ2n) is 5.65. The van der Waals surface area contributed by atoms with E-state index in [-0.39, 0.29) is 42.5 Å². The van der Waals surface area contributed by atoms with Crippen LogP contribution in [0.3, 0.4) is 0 Å². The Bertz CT molecular complexity index is 573. The van der Waals surface area contributed by atoms with Gasteiger partial charge in [0.2, 0.25) is 5.91 Å². The minimum atomic E-state index is -0.000589. The van der Waals surface area contributed by atoms with Crippen molar-refractivity contribution in [3.63, 3.8) is 0 Å². The number of likely N-dealkylation sites (N-methyl/N-ethyl adjacent to an activating group) is 1. The molecule has 0 aliphatic carbocycles. The lowest BCUT2D eigenvalue weighted by molar-refractivity contribution is -0.127. The number of nitrogens with zero attached hydrogens (tertiary/aromatic N) is 5. The summed E-state index contributed by atoms with van der Waals surface area (Å²) in [6.45, 7) is 1.36. The molecule has 0 radical (unpaired) electrons. The quantitative estimate of drug-likeness (QED) is 0.360. The van der Waals surface area contributed by atoms with Gasteiger partial charge in [-0.3, -0.25) is 9.79 Å². The van der Waals surface area contributed by atoms with E-state index in [1.165, 1.54) is 0 Å². The van der Waals surface area contributed by atoms with Gasteiger partial charge in [0, 0.05) is 40.7 Å². The number of amides is 1. The van der Waals surface area contributed by atoms with Crippen LogP contribution in [0.1, 0.15) is 18.1 Å². The standard InChI is InChI=1S/C14H25N7O2.HI/c1-15-14(16-7-13(22)20(2)3)17-10-5-6-12-18-11(9-23-4)19-21(12)8-10;/h10H,5-9H2,1-4H3,(H2,15,16,17);1H. The first-order chi connectivity index (χ1) is 11.0. The normalized spacial score (nSPS) is 16.8. The van der Waals surface area contributed by atoms with Crippen molar-refractivity contribution in [1.29, 1.82) is 0 Å².